The van der Waals surface area contributed by atoms with Crippen molar-refractivity contribution in [1.82, 2.24) is 0 Å². The van der Waals surface area contributed by atoms with Gasteiger partial charge in [-0.05, 0) is 76.9 Å². The molecule has 3 rings (SSSR count). The highest BCUT2D eigenvalue weighted by atomic mass is 127. The van der Waals surface area contributed by atoms with Crippen molar-refractivity contribution in [2.45, 2.75) is 13.8 Å². The molecular weight excluding hydrogens is 415 g/mol. The fourth-order valence-electron chi connectivity index (χ4n) is 3.02. The maximum absolute atomic E-state index is 12.7. The van der Waals surface area contributed by atoms with Crippen LogP contribution in [0.2, 0.25) is 0 Å². The standard InChI is InChI=1S/C20H15IO3/c1-4-12-5-6-14-16(22)9-15(21)20(24)18(14)17(12)13-7-10(2)19(23)11(3)8-13/h4-9,23H,1H2,2-3H3. The third-order valence-corrected chi connectivity index (χ3v) is 5.01. The number of phenolic OH excluding ortho intramolecular Hbond substituents is 1. The lowest BCUT2D eigenvalue weighted by Crippen LogP contribution is -2.16. The number of ketones is 2. The number of Topliss-reactive ketones (excluding diaryl/α,β-unsaturated/α-hetero) is 1. The maximum atomic E-state index is 12.7. The molecule has 0 radical (unpaired) electrons. The number of aryl methyl sites for hydroxylation is 2. The molecule has 0 saturated heterocycles. The minimum Gasteiger partial charge on any atom is -0.507 e. The van der Waals surface area contributed by atoms with Crippen molar-refractivity contribution in [3.63, 3.8) is 0 Å². The second-order valence-corrected chi connectivity index (χ2v) is 6.96. The molecule has 2 aromatic rings. The number of hydrogen-bond acceptors (Lipinski definition) is 3. The number of hydrogen-bond donors (Lipinski definition) is 1. The van der Waals surface area contributed by atoms with Gasteiger partial charge in [0.1, 0.15) is 5.75 Å². The van der Waals surface area contributed by atoms with Crippen LogP contribution in [0.4, 0.5) is 0 Å². The van der Waals surface area contributed by atoms with Gasteiger partial charge in [-0.3, -0.25) is 9.59 Å². The molecule has 0 heterocycles. The SMILES string of the molecule is C=Cc1ccc2c(c1-c1cc(C)c(O)c(C)c1)C(=O)C(I)=CC2=O. The van der Waals surface area contributed by atoms with Gasteiger partial charge in [0.15, 0.2) is 5.78 Å². The van der Waals surface area contributed by atoms with Crippen molar-refractivity contribution in [1.29, 1.82) is 0 Å². The van der Waals surface area contributed by atoms with Crippen LogP contribution in [0.15, 0.2) is 40.5 Å². The summed E-state index contributed by atoms with van der Waals surface area (Å²) in [6.45, 7) is 7.45. The van der Waals surface area contributed by atoms with Gasteiger partial charge in [-0.25, -0.2) is 0 Å². The van der Waals surface area contributed by atoms with Crippen LogP contribution in [0, 0.1) is 13.8 Å². The Morgan fingerprint density at radius 1 is 1.08 bits per heavy atom. The third kappa shape index (κ3) is 2.51. The van der Waals surface area contributed by atoms with E-state index in [2.05, 4.69) is 6.58 Å². The molecule has 0 atom stereocenters. The monoisotopic (exact) mass is 430 g/mol. The minimum absolute atomic E-state index is 0.160. The van der Waals surface area contributed by atoms with Crippen molar-refractivity contribution >= 4 is 40.2 Å². The number of aromatic hydroxyl groups is 1. The number of phenols is 1. The normalized spacial score (nSPS) is 13.5. The molecule has 24 heavy (non-hydrogen) atoms. The second-order valence-electron chi connectivity index (χ2n) is 5.80. The van der Waals surface area contributed by atoms with Crippen LogP contribution >= 0.6 is 22.6 Å². The molecule has 1 aliphatic rings. The summed E-state index contributed by atoms with van der Waals surface area (Å²) in [5.41, 5.74) is 4.52. The van der Waals surface area contributed by atoms with E-state index in [0.29, 0.717) is 20.3 Å². The Bertz CT molecular complexity index is 929. The summed E-state index contributed by atoms with van der Waals surface area (Å²) in [7, 11) is 0. The molecule has 120 valence electrons. The zero-order valence-corrected chi connectivity index (χ0v) is 15.5. The number of allylic oxidation sites excluding steroid dienone is 2. The first-order valence-corrected chi connectivity index (χ1v) is 8.49. The van der Waals surface area contributed by atoms with Crippen molar-refractivity contribution in [3.8, 4) is 16.9 Å². The lowest BCUT2D eigenvalue weighted by atomic mass is 9.84. The minimum atomic E-state index is -0.168. The first kappa shape index (κ1) is 16.6. The van der Waals surface area contributed by atoms with Crippen LogP contribution in [0.1, 0.15) is 37.4 Å². The van der Waals surface area contributed by atoms with Crippen LogP contribution in [-0.4, -0.2) is 16.7 Å². The highest BCUT2D eigenvalue weighted by Gasteiger charge is 2.29. The second kappa shape index (κ2) is 6.02. The highest BCUT2D eigenvalue weighted by Crippen LogP contribution is 2.38. The average Bonchev–Trinajstić information content (AvgIpc) is 2.55. The van der Waals surface area contributed by atoms with Crippen molar-refractivity contribution < 1.29 is 14.7 Å². The van der Waals surface area contributed by atoms with E-state index in [-0.39, 0.29) is 17.3 Å². The van der Waals surface area contributed by atoms with E-state index < -0.39 is 0 Å². The Kier molecular flexibility index (Phi) is 4.17. The summed E-state index contributed by atoms with van der Waals surface area (Å²) in [6, 6.07) is 7.13. The summed E-state index contributed by atoms with van der Waals surface area (Å²) in [4.78, 5) is 25.1. The number of benzene rings is 2. The zero-order valence-electron chi connectivity index (χ0n) is 13.3. The lowest BCUT2D eigenvalue weighted by Gasteiger charge is -2.19. The van der Waals surface area contributed by atoms with Crippen LogP contribution in [0.3, 0.4) is 0 Å². The Hall–Kier alpha value is -2.21. The van der Waals surface area contributed by atoms with Gasteiger partial charge in [0.05, 0.1) is 3.58 Å². The number of carbonyl (C=O) groups is 2. The van der Waals surface area contributed by atoms with E-state index in [4.69, 9.17) is 0 Å². The van der Waals surface area contributed by atoms with E-state index in [0.717, 1.165) is 22.3 Å². The topological polar surface area (TPSA) is 54.4 Å². The number of rotatable bonds is 2. The molecule has 1 aliphatic carbocycles. The lowest BCUT2D eigenvalue weighted by molar-refractivity contribution is 0.0993. The molecule has 0 spiro atoms. The molecule has 0 bridgehead atoms. The number of fused-ring (bicyclic) bond motifs is 1. The maximum Gasteiger partial charge on any atom is 0.200 e. The molecule has 2 aromatic carbocycles. The van der Waals surface area contributed by atoms with E-state index >= 15 is 0 Å². The van der Waals surface area contributed by atoms with Crippen molar-refractivity contribution in [2.75, 3.05) is 0 Å². The summed E-state index contributed by atoms with van der Waals surface area (Å²) in [6.07, 6.45) is 3.05. The Morgan fingerprint density at radius 3 is 2.29 bits per heavy atom. The van der Waals surface area contributed by atoms with Gasteiger partial charge in [-0.15, -0.1) is 0 Å². The Morgan fingerprint density at radius 2 is 1.71 bits per heavy atom. The zero-order chi connectivity index (χ0) is 17.6. The summed E-state index contributed by atoms with van der Waals surface area (Å²) in [5, 5.41) is 10.0. The van der Waals surface area contributed by atoms with Crippen LogP contribution in [0.5, 0.6) is 5.75 Å². The van der Waals surface area contributed by atoms with Crippen molar-refractivity contribution in [2.24, 2.45) is 0 Å². The molecule has 0 unspecified atom stereocenters. The highest BCUT2D eigenvalue weighted by molar-refractivity contribution is 14.1. The molecule has 1 N–H and O–H groups in total. The van der Waals surface area contributed by atoms with Gasteiger partial charge in [-0.1, -0.05) is 18.7 Å². The predicted molar refractivity (Wildman–Crippen MR) is 104 cm³/mol. The molecule has 3 nitrogen and oxygen atoms in total. The van der Waals surface area contributed by atoms with Crippen LogP contribution < -0.4 is 0 Å². The van der Waals surface area contributed by atoms with E-state index in [1.54, 1.807) is 18.2 Å². The molecular formula is C20H15IO3. The van der Waals surface area contributed by atoms with E-state index in [1.165, 1.54) is 6.08 Å². The Balaban J connectivity index is 2.41. The van der Waals surface area contributed by atoms with Crippen LogP contribution in [-0.2, 0) is 0 Å². The summed E-state index contributed by atoms with van der Waals surface area (Å²) in [5.74, 6) is -0.0917. The average molecular weight is 430 g/mol. The first-order valence-electron chi connectivity index (χ1n) is 7.41. The van der Waals surface area contributed by atoms with Gasteiger partial charge in [0.2, 0.25) is 5.78 Å². The van der Waals surface area contributed by atoms with E-state index in [9.17, 15) is 14.7 Å². The predicted octanol–water partition coefficient (Wildman–Crippen LogP) is 5.02. The molecule has 0 fully saturated rings. The third-order valence-electron chi connectivity index (χ3n) is 4.20. The van der Waals surface area contributed by atoms with Gasteiger partial charge in [0, 0.05) is 22.8 Å². The Labute approximate surface area is 153 Å². The van der Waals surface area contributed by atoms with Crippen molar-refractivity contribution in [3.05, 3.63) is 68.3 Å². The molecule has 0 saturated carbocycles. The molecule has 4 heteroatoms. The fourth-order valence-corrected chi connectivity index (χ4v) is 3.57. The van der Waals surface area contributed by atoms with Crippen LogP contribution in [0.25, 0.3) is 17.2 Å². The number of carbonyl (C=O) groups excluding carboxylic acids is 2. The van der Waals surface area contributed by atoms with Gasteiger partial charge >= 0.3 is 0 Å². The van der Waals surface area contributed by atoms with Gasteiger partial charge in [0.25, 0.3) is 0 Å². The van der Waals surface area contributed by atoms with Gasteiger partial charge < -0.3 is 5.11 Å². The van der Waals surface area contributed by atoms with E-state index in [1.807, 2.05) is 48.6 Å². The largest absolute Gasteiger partial charge is 0.507 e. The quantitative estimate of drug-likeness (QED) is 0.682. The smallest absolute Gasteiger partial charge is 0.200 e. The molecule has 0 amide bonds. The summed E-state index contributed by atoms with van der Waals surface area (Å²) < 4.78 is 0.403. The fraction of sp³-hybridized carbons (Fsp3) is 0.100. The first-order chi connectivity index (χ1) is 11.3. The molecule has 0 aliphatic heterocycles. The number of halogens is 1. The summed E-state index contributed by atoms with van der Waals surface area (Å²) >= 11 is 1.90. The van der Waals surface area contributed by atoms with Gasteiger partial charge in [-0.2, -0.15) is 0 Å². The molecule has 0 aromatic heterocycles.